The average Bonchev–Trinajstić information content (AvgIpc) is 3.24. The van der Waals surface area contributed by atoms with Crippen LogP contribution in [0.1, 0.15) is 40.5 Å². The molecule has 2 saturated heterocycles. The van der Waals surface area contributed by atoms with Crippen LogP contribution in [0.15, 0.2) is 21.6 Å². The van der Waals surface area contributed by atoms with Crippen molar-refractivity contribution in [1.29, 1.82) is 0 Å². The van der Waals surface area contributed by atoms with Crippen LogP contribution < -0.4 is 0 Å². The number of nitrogens with zero attached hydrogens (tertiary/aromatic N) is 5. The van der Waals surface area contributed by atoms with Gasteiger partial charge in [-0.25, -0.2) is 8.42 Å². The first kappa shape index (κ1) is 24.1. The van der Waals surface area contributed by atoms with E-state index in [2.05, 4.69) is 27.0 Å². The van der Waals surface area contributed by atoms with E-state index in [4.69, 9.17) is 16.1 Å². The van der Waals surface area contributed by atoms with Gasteiger partial charge in [-0.3, -0.25) is 9.69 Å². The monoisotopic (exact) mass is 495 g/mol. The molecule has 2 fully saturated rings. The Hall–Kier alpha value is -2.01. The topological polar surface area (TPSA) is 99.8 Å². The molecule has 0 N–H and O–H groups in total. The summed E-state index contributed by atoms with van der Waals surface area (Å²) in [6.07, 6.45) is 1.81. The molecule has 0 bridgehead atoms. The maximum absolute atomic E-state index is 12.9. The third kappa shape index (κ3) is 5.40. The predicted molar refractivity (Wildman–Crippen MR) is 124 cm³/mol. The second-order valence-electron chi connectivity index (χ2n) is 9.00. The number of likely N-dealkylation sites (tertiary alicyclic amines) is 1. The van der Waals surface area contributed by atoms with Crippen LogP contribution in [0.4, 0.5) is 0 Å². The van der Waals surface area contributed by atoms with Gasteiger partial charge in [-0.1, -0.05) is 16.8 Å². The van der Waals surface area contributed by atoms with Crippen LogP contribution in [0.5, 0.6) is 0 Å². The second kappa shape index (κ2) is 9.69. The van der Waals surface area contributed by atoms with E-state index in [0.717, 1.165) is 39.0 Å². The largest absolute Gasteiger partial charge is 0.334 e. The van der Waals surface area contributed by atoms with Gasteiger partial charge in [0.2, 0.25) is 0 Å². The van der Waals surface area contributed by atoms with Gasteiger partial charge in [-0.05, 0) is 57.0 Å². The van der Waals surface area contributed by atoms with E-state index in [1.54, 1.807) is 30.9 Å². The molecule has 1 aromatic heterocycles. The SMILES string of the molecule is Cc1cc(S(=O)(=O)Cc2noc(C(=O)N3CCC(N4CCN(C)CC4)CC3)n2)c(C)cc1Cl. The summed E-state index contributed by atoms with van der Waals surface area (Å²) in [4.78, 5) is 23.7. The molecule has 0 saturated carbocycles. The summed E-state index contributed by atoms with van der Waals surface area (Å²) in [6, 6.07) is 3.65. The van der Waals surface area contributed by atoms with Gasteiger partial charge >= 0.3 is 11.8 Å². The molecule has 2 aliphatic heterocycles. The number of carbonyl (C=O) groups excluding carboxylic acids is 1. The molecule has 0 atom stereocenters. The molecular formula is C22H30ClN5O4S. The summed E-state index contributed by atoms with van der Waals surface area (Å²) in [5.74, 6) is -0.988. The van der Waals surface area contributed by atoms with Gasteiger partial charge < -0.3 is 14.3 Å². The summed E-state index contributed by atoms with van der Waals surface area (Å²) < 4.78 is 30.9. The number of hydrogen-bond donors (Lipinski definition) is 0. The molecule has 1 amide bonds. The van der Waals surface area contributed by atoms with E-state index in [1.165, 1.54) is 0 Å². The Morgan fingerprint density at radius 1 is 1.09 bits per heavy atom. The number of carbonyl (C=O) groups is 1. The highest BCUT2D eigenvalue weighted by Gasteiger charge is 2.31. The van der Waals surface area contributed by atoms with E-state index >= 15 is 0 Å². The van der Waals surface area contributed by atoms with Crippen LogP contribution in [0.3, 0.4) is 0 Å². The summed E-state index contributed by atoms with van der Waals surface area (Å²) in [5.41, 5.74) is 1.22. The Kier molecular flexibility index (Phi) is 7.09. The molecule has 33 heavy (non-hydrogen) atoms. The van der Waals surface area contributed by atoms with Gasteiger partial charge in [0.15, 0.2) is 15.7 Å². The van der Waals surface area contributed by atoms with E-state index in [1.807, 2.05) is 0 Å². The molecule has 0 aliphatic carbocycles. The molecule has 0 unspecified atom stereocenters. The standard InChI is InChI=1S/C22H30ClN5O4S/c1-15-13-19(16(2)12-18(15)23)33(30,31)14-20-24-21(32-25-20)22(29)28-6-4-17(5-7-28)27-10-8-26(3)9-11-27/h12-13,17H,4-11,14H2,1-3H3. The van der Waals surface area contributed by atoms with Gasteiger partial charge in [-0.15, -0.1) is 0 Å². The molecule has 0 spiro atoms. The smallest absolute Gasteiger partial charge is 0.316 e. The average molecular weight is 496 g/mol. The molecule has 11 heteroatoms. The van der Waals surface area contributed by atoms with Gasteiger partial charge in [0.1, 0.15) is 5.75 Å². The molecule has 4 rings (SSSR count). The highest BCUT2D eigenvalue weighted by molar-refractivity contribution is 7.90. The predicted octanol–water partition coefficient (Wildman–Crippen LogP) is 2.17. The quantitative estimate of drug-likeness (QED) is 0.622. The van der Waals surface area contributed by atoms with Gasteiger partial charge in [0.25, 0.3) is 0 Å². The van der Waals surface area contributed by atoms with Gasteiger partial charge in [0, 0.05) is 50.3 Å². The number of hydrogen-bond acceptors (Lipinski definition) is 8. The van der Waals surface area contributed by atoms with Crippen molar-refractivity contribution in [3.8, 4) is 0 Å². The van der Waals surface area contributed by atoms with Crippen LogP contribution in [0.2, 0.25) is 5.02 Å². The zero-order valence-corrected chi connectivity index (χ0v) is 20.8. The van der Waals surface area contributed by atoms with Crippen molar-refractivity contribution in [1.82, 2.24) is 24.8 Å². The Labute approximate surface area is 199 Å². The lowest BCUT2D eigenvalue weighted by Crippen LogP contribution is -2.53. The first-order valence-corrected chi connectivity index (χ1v) is 13.2. The fourth-order valence-electron chi connectivity index (χ4n) is 4.49. The fraction of sp³-hybridized carbons (Fsp3) is 0.591. The lowest BCUT2D eigenvalue weighted by atomic mass is 10.0. The van der Waals surface area contributed by atoms with Crippen molar-refractivity contribution in [3.05, 3.63) is 40.0 Å². The molecule has 3 heterocycles. The van der Waals surface area contributed by atoms with Crippen molar-refractivity contribution >= 4 is 27.3 Å². The zero-order valence-electron chi connectivity index (χ0n) is 19.3. The number of benzene rings is 1. The van der Waals surface area contributed by atoms with E-state index < -0.39 is 15.6 Å². The number of sulfone groups is 1. The van der Waals surface area contributed by atoms with Crippen LogP contribution in [0, 0.1) is 13.8 Å². The maximum Gasteiger partial charge on any atom is 0.316 e. The van der Waals surface area contributed by atoms with Gasteiger partial charge in [-0.2, -0.15) is 4.98 Å². The van der Waals surface area contributed by atoms with E-state index in [9.17, 15) is 13.2 Å². The molecule has 180 valence electrons. The number of piperidine rings is 1. The Morgan fingerprint density at radius 2 is 1.76 bits per heavy atom. The number of aryl methyl sites for hydroxylation is 2. The third-order valence-electron chi connectivity index (χ3n) is 6.57. The Balaban J connectivity index is 1.37. The summed E-state index contributed by atoms with van der Waals surface area (Å²) >= 11 is 6.09. The number of rotatable bonds is 5. The van der Waals surface area contributed by atoms with E-state index in [-0.39, 0.29) is 22.5 Å². The van der Waals surface area contributed by atoms with Crippen LogP contribution in [0.25, 0.3) is 0 Å². The van der Waals surface area contributed by atoms with Crippen molar-refractivity contribution < 1.29 is 17.7 Å². The van der Waals surface area contributed by atoms with Crippen molar-refractivity contribution in [2.24, 2.45) is 0 Å². The number of likely N-dealkylation sites (N-methyl/N-ethyl adjacent to an activating group) is 1. The van der Waals surface area contributed by atoms with Crippen LogP contribution in [-0.4, -0.2) is 91.5 Å². The molecule has 2 aromatic rings. The molecule has 9 nitrogen and oxygen atoms in total. The summed E-state index contributed by atoms with van der Waals surface area (Å²) in [7, 11) is -1.58. The summed E-state index contributed by atoms with van der Waals surface area (Å²) in [5, 5.41) is 4.27. The number of amides is 1. The van der Waals surface area contributed by atoms with Crippen molar-refractivity contribution in [2.75, 3.05) is 46.3 Å². The molecule has 1 aromatic carbocycles. The first-order chi connectivity index (χ1) is 15.6. The first-order valence-electron chi connectivity index (χ1n) is 11.2. The maximum atomic E-state index is 12.9. The van der Waals surface area contributed by atoms with Crippen molar-refractivity contribution in [3.63, 3.8) is 0 Å². The molecule has 0 radical (unpaired) electrons. The summed E-state index contributed by atoms with van der Waals surface area (Å²) in [6.45, 7) is 8.94. The van der Waals surface area contributed by atoms with Gasteiger partial charge in [0.05, 0.1) is 4.90 Å². The number of aromatic nitrogens is 2. The minimum atomic E-state index is -3.72. The Morgan fingerprint density at radius 3 is 2.42 bits per heavy atom. The highest BCUT2D eigenvalue weighted by atomic mass is 35.5. The van der Waals surface area contributed by atoms with E-state index in [0.29, 0.717) is 35.3 Å². The lowest BCUT2D eigenvalue weighted by molar-refractivity contribution is 0.0485. The zero-order chi connectivity index (χ0) is 23.8. The van der Waals surface area contributed by atoms with Crippen LogP contribution in [-0.2, 0) is 15.6 Å². The van der Waals surface area contributed by atoms with Crippen LogP contribution >= 0.6 is 11.6 Å². The molecule has 2 aliphatic rings. The molecular weight excluding hydrogens is 466 g/mol. The third-order valence-corrected chi connectivity index (χ3v) is 8.72. The van der Waals surface area contributed by atoms with Crippen molar-refractivity contribution in [2.45, 2.75) is 43.4 Å². The highest BCUT2D eigenvalue weighted by Crippen LogP contribution is 2.26. The second-order valence-corrected chi connectivity index (χ2v) is 11.4. The Bertz CT molecular complexity index is 1120. The lowest BCUT2D eigenvalue weighted by Gasteiger charge is -2.41. The minimum absolute atomic E-state index is 0.0299. The normalized spacial score (nSPS) is 19.2. The number of piperazine rings is 1. The minimum Gasteiger partial charge on any atom is -0.334 e. The fourth-order valence-corrected chi connectivity index (χ4v) is 6.23. The number of halogens is 1.